The molecule has 6 nitrogen and oxygen atoms in total. The largest absolute Gasteiger partial charge is 0.396 e. The van der Waals surface area contributed by atoms with Crippen molar-refractivity contribution in [3.8, 4) is 0 Å². The van der Waals surface area contributed by atoms with Gasteiger partial charge in [0.1, 0.15) is 5.82 Å². The van der Waals surface area contributed by atoms with Crippen LogP contribution < -0.4 is 10.6 Å². The third-order valence-electron chi connectivity index (χ3n) is 4.79. The fourth-order valence-corrected chi connectivity index (χ4v) is 3.14. The van der Waals surface area contributed by atoms with Gasteiger partial charge in [0.15, 0.2) is 0 Å². The lowest BCUT2D eigenvalue weighted by Crippen LogP contribution is -2.49. The lowest BCUT2D eigenvalue weighted by molar-refractivity contribution is 0.121. The van der Waals surface area contributed by atoms with Gasteiger partial charge in [0.2, 0.25) is 0 Å². The zero-order chi connectivity index (χ0) is 16.2. The number of rotatable bonds is 6. The summed E-state index contributed by atoms with van der Waals surface area (Å²) in [5.41, 5.74) is -0.184. The third-order valence-corrected chi connectivity index (χ3v) is 4.79. The first kappa shape index (κ1) is 16.8. The molecule has 6 heteroatoms. The topological polar surface area (TPSA) is 79.2 Å². The lowest BCUT2D eigenvalue weighted by Gasteiger charge is -2.30. The number of aryl methyl sites for hydroxylation is 1. The first-order valence-electron chi connectivity index (χ1n) is 8.07. The summed E-state index contributed by atoms with van der Waals surface area (Å²) in [5, 5.41) is 15.5. The quantitative estimate of drug-likeness (QED) is 0.748. The zero-order valence-corrected chi connectivity index (χ0v) is 13.8. The molecule has 124 valence electrons. The van der Waals surface area contributed by atoms with Gasteiger partial charge in [0, 0.05) is 36.9 Å². The van der Waals surface area contributed by atoms with Crippen LogP contribution in [0.3, 0.4) is 0 Å². The number of nitrogens with one attached hydrogen (secondary N) is 2. The van der Waals surface area contributed by atoms with Crippen LogP contribution >= 0.6 is 0 Å². The molecule has 3 N–H and O–H groups in total. The van der Waals surface area contributed by atoms with Crippen LogP contribution in [-0.2, 0) is 6.54 Å². The number of carbonyl (C=O) groups excluding carboxylic acids is 1. The second-order valence-corrected chi connectivity index (χ2v) is 6.84. The average Bonchev–Trinajstić information content (AvgIpc) is 3.05. The Hall–Kier alpha value is -1.56. The van der Waals surface area contributed by atoms with Gasteiger partial charge in [-0.05, 0) is 25.7 Å². The summed E-state index contributed by atoms with van der Waals surface area (Å²) in [5.74, 6) is 1.31. The summed E-state index contributed by atoms with van der Waals surface area (Å²) in [6.45, 7) is 7.69. The number of aromatic nitrogens is 2. The molecule has 0 saturated heterocycles. The van der Waals surface area contributed by atoms with Gasteiger partial charge < -0.3 is 20.3 Å². The number of hydrogen-bond donors (Lipinski definition) is 3. The first-order chi connectivity index (χ1) is 10.4. The van der Waals surface area contributed by atoms with Gasteiger partial charge in [0.25, 0.3) is 0 Å². The number of urea groups is 1. The number of aliphatic hydroxyl groups is 1. The maximum atomic E-state index is 12.1. The highest BCUT2D eigenvalue weighted by Gasteiger charge is 2.39. The van der Waals surface area contributed by atoms with Gasteiger partial charge >= 0.3 is 6.03 Å². The molecule has 0 aromatic carbocycles. The van der Waals surface area contributed by atoms with Gasteiger partial charge in [-0.1, -0.05) is 20.3 Å². The Morgan fingerprint density at radius 2 is 2.41 bits per heavy atom. The molecule has 2 amide bonds. The Morgan fingerprint density at radius 1 is 1.64 bits per heavy atom. The van der Waals surface area contributed by atoms with Crippen LogP contribution in [0.5, 0.6) is 0 Å². The van der Waals surface area contributed by atoms with Crippen LogP contribution in [0.15, 0.2) is 12.4 Å². The minimum absolute atomic E-state index is 0.0590. The van der Waals surface area contributed by atoms with E-state index in [9.17, 15) is 9.90 Å². The molecule has 0 bridgehead atoms. The Morgan fingerprint density at radius 3 is 3.05 bits per heavy atom. The molecule has 1 aromatic rings. The van der Waals surface area contributed by atoms with Crippen LogP contribution in [0.4, 0.5) is 4.79 Å². The van der Waals surface area contributed by atoms with E-state index in [2.05, 4.69) is 27.1 Å². The van der Waals surface area contributed by atoms with Gasteiger partial charge in [-0.15, -0.1) is 0 Å². The molecule has 1 heterocycles. The number of carbonyl (C=O) groups is 1. The standard InChI is InChI=1S/C16H28N4O2/c1-12(10-20-8-7-17-13(20)2)9-18-15(22)19-14-5-4-6-16(14,3)11-21/h7-8,12,14,21H,4-6,9-11H2,1-3H3,(H2,18,19,22). The highest BCUT2D eigenvalue weighted by atomic mass is 16.3. The summed E-state index contributed by atoms with van der Waals surface area (Å²) >= 11 is 0. The number of imidazole rings is 1. The van der Waals surface area contributed by atoms with E-state index in [1.165, 1.54) is 0 Å². The summed E-state index contributed by atoms with van der Waals surface area (Å²) in [6, 6.07) is -0.0792. The van der Waals surface area contributed by atoms with Crippen molar-refractivity contribution in [2.75, 3.05) is 13.2 Å². The summed E-state index contributed by atoms with van der Waals surface area (Å²) in [4.78, 5) is 16.3. The fraction of sp³-hybridized carbons (Fsp3) is 0.750. The van der Waals surface area contributed by atoms with Crippen molar-refractivity contribution >= 4 is 6.03 Å². The Labute approximate surface area is 132 Å². The molecular formula is C16H28N4O2. The number of nitrogens with zero attached hydrogens (tertiary/aromatic N) is 2. The van der Waals surface area contributed by atoms with Crippen molar-refractivity contribution in [3.63, 3.8) is 0 Å². The molecule has 3 atom stereocenters. The number of aliphatic hydroxyl groups excluding tert-OH is 1. The molecule has 3 unspecified atom stereocenters. The van der Waals surface area contributed by atoms with E-state index in [-0.39, 0.29) is 24.1 Å². The average molecular weight is 308 g/mol. The van der Waals surface area contributed by atoms with E-state index < -0.39 is 0 Å². The number of hydrogen-bond acceptors (Lipinski definition) is 3. The fourth-order valence-electron chi connectivity index (χ4n) is 3.14. The second kappa shape index (κ2) is 7.13. The minimum atomic E-state index is -0.184. The summed E-state index contributed by atoms with van der Waals surface area (Å²) in [6.07, 6.45) is 6.70. The Bertz CT molecular complexity index is 502. The van der Waals surface area contributed by atoms with Crippen molar-refractivity contribution in [1.29, 1.82) is 0 Å². The molecule has 1 aromatic heterocycles. The van der Waals surface area contributed by atoms with Crippen molar-refractivity contribution in [3.05, 3.63) is 18.2 Å². The van der Waals surface area contributed by atoms with Crippen molar-refractivity contribution in [1.82, 2.24) is 20.2 Å². The first-order valence-corrected chi connectivity index (χ1v) is 8.07. The normalized spacial score (nSPS) is 25.9. The molecule has 0 aliphatic heterocycles. The van der Waals surface area contributed by atoms with E-state index in [0.29, 0.717) is 12.5 Å². The van der Waals surface area contributed by atoms with Gasteiger partial charge in [-0.3, -0.25) is 0 Å². The molecule has 0 spiro atoms. The van der Waals surface area contributed by atoms with Crippen LogP contribution in [0.1, 0.15) is 38.9 Å². The molecular weight excluding hydrogens is 280 g/mol. The maximum absolute atomic E-state index is 12.1. The lowest BCUT2D eigenvalue weighted by atomic mass is 9.86. The molecule has 0 radical (unpaired) electrons. The van der Waals surface area contributed by atoms with E-state index in [1.54, 1.807) is 6.20 Å². The van der Waals surface area contributed by atoms with Crippen LogP contribution in [0.2, 0.25) is 0 Å². The highest BCUT2D eigenvalue weighted by molar-refractivity contribution is 5.74. The van der Waals surface area contributed by atoms with Crippen molar-refractivity contribution < 1.29 is 9.90 Å². The van der Waals surface area contributed by atoms with Gasteiger partial charge in [-0.25, -0.2) is 9.78 Å². The molecule has 1 saturated carbocycles. The monoisotopic (exact) mass is 308 g/mol. The third kappa shape index (κ3) is 4.00. The smallest absolute Gasteiger partial charge is 0.315 e. The van der Waals surface area contributed by atoms with Crippen LogP contribution in [-0.4, -0.2) is 39.9 Å². The van der Waals surface area contributed by atoms with E-state index in [1.807, 2.05) is 20.0 Å². The number of amides is 2. The predicted octanol–water partition coefficient (Wildman–Crippen LogP) is 1.68. The van der Waals surface area contributed by atoms with Crippen LogP contribution in [0.25, 0.3) is 0 Å². The van der Waals surface area contributed by atoms with E-state index in [0.717, 1.165) is 31.6 Å². The molecule has 1 fully saturated rings. The highest BCUT2D eigenvalue weighted by Crippen LogP contribution is 2.37. The molecule has 2 rings (SSSR count). The maximum Gasteiger partial charge on any atom is 0.315 e. The van der Waals surface area contributed by atoms with Crippen molar-refractivity contribution in [2.24, 2.45) is 11.3 Å². The summed E-state index contributed by atoms with van der Waals surface area (Å²) in [7, 11) is 0. The van der Waals surface area contributed by atoms with Gasteiger partial charge in [-0.2, -0.15) is 0 Å². The second-order valence-electron chi connectivity index (χ2n) is 6.84. The van der Waals surface area contributed by atoms with Crippen molar-refractivity contribution in [2.45, 2.75) is 52.6 Å². The zero-order valence-electron chi connectivity index (χ0n) is 13.8. The van der Waals surface area contributed by atoms with Gasteiger partial charge in [0.05, 0.1) is 6.61 Å². The molecule has 1 aliphatic carbocycles. The molecule has 22 heavy (non-hydrogen) atoms. The predicted molar refractivity (Wildman–Crippen MR) is 85.5 cm³/mol. The molecule has 1 aliphatic rings. The minimum Gasteiger partial charge on any atom is -0.396 e. The SMILES string of the molecule is Cc1nccn1CC(C)CNC(=O)NC1CCCC1(C)CO. The Kier molecular flexibility index (Phi) is 5.45. The summed E-state index contributed by atoms with van der Waals surface area (Å²) < 4.78 is 2.09. The van der Waals surface area contributed by atoms with E-state index in [4.69, 9.17) is 0 Å². The Balaban J connectivity index is 1.74. The van der Waals surface area contributed by atoms with E-state index >= 15 is 0 Å². The van der Waals surface area contributed by atoms with Crippen LogP contribution in [0, 0.1) is 18.3 Å².